The smallest absolute Gasteiger partial charge is 0.462 e. The number of carbonyl (C=O) groups excluding carboxylic acids is 4. The SMILES string of the molecule is CCCCCCCCCCC(=O)O[C@H](COC(=O)CCCCCCC)COP(=O)(O)OC[C@H](O)COP(=O)(O)OC[C@@H](COC(=O)CCCCCCCCCCCCCCCC(C)C)OC(=O)CCCCCCCCCCCCCCCC(C)C. The third kappa shape index (κ3) is 60.7. The molecule has 0 spiro atoms. The molecule has 3 N–H and O–H groups in total. The van der Waals surface area contributed by atoms with Gasteiger partial charge in [0.1, 0.15) is 19.3 Å². The fourth-order valence-electron chi connectivity index (χ4n) is 9.88. The molecule has 5 atom stereocenters. The zero-order valence-corrected chi connectivity index (χ0v) is 56.7. The van der Waals surface area contributed by atoms with Crippen LogP contribution >= 0.6 is 15.6 Å². The average molecular weight is 1260 g/mol. The van der Waals surface area contributed by atoms with Gasteiger partial charge in [-0.25, -0.2) is 9.13 Å². The maximum absolute atomic E-state index is 13.0. The first kappa shape index (κ1) is 83.1. The number of carbonyl (C=O) groups is 4. The van der Waals surface area contributed by atoms with E-state index in [4.69, 9.17) is 37.0 Å². The third-order valence-electron chi connectivity index (χ3n) is 15.2. The molecule has 0 saturated heterocycles. The molecule has 0 aliphatic carbocycles. The maximum atomic E-state index is 13.0. The molecule has 0 aromatic carbocycles. The van der Waals surface area contributed by atoms with Gasteiger partial charge in [-0.2, -0.15) is 0 Å². The first-order chi connectivity index (χ1) is 40.9. The van der Waals surface area contributed by atoms with Gasteiger partial charge in [0.05, 0.1) is 26.4 Å². The van der Waals surface area contributed by atoms with Crippen LogP contribution in [0.1, 0.15) is 330 Å². The predicted octanol–water partition coefficient (Wildman–Crippen LogP) is 18.4. The van der Waals surface area contributed by atoms with E-state index in [0.29, 0.717) is 25.7 Å². The molecule has 0 bridgehead atoms. The molecule has 2 unspecified atom stereocenters. The number of phosphoric ester groups is 2. The third-order valence-corrected chi connectivity index (χ3v) is 17.1. The number of ether oxygens (including phenoxy) is 4. The van der Waals surface area contributed by atoms with Crippen molar-refractivity contribution in [3.05, 3.63) is 0 Å². The fourth-order valence-corrected chi connectivity index (χ4v) is 11.5. The highest BCUT2D eigenvalue weighted by molar-refractivity contribution is 7.47. The van der Waals surface area contributed by atoms with E-state index in [1.54, 1.807) is 0 Å². The second-order valence-electron chi connectivity index (χ2n) is 24.8. The lowest BCUT2D eigenvalue weighted by Crippen LogP contribution is -2.30. The van der Waals surface area contributed by atoms with Gasteiger partial charge in [-0.3, -0.25) is 37.3 Å². The van der Waals surface area contributed by atoms with Gasteiger partial charge in [-0.1, -0.05) is 279 Å². The molecule has 19 heteroatoms. The Labute approximate surface area is 517 Å². The van der Waals surface area contributed by atoms with Gasteiger partial charge >= 0.3 is 39.5 Å². The van der Waals surface area contributed by atoms with Gasteiger partial charge in [0.2, 0.25) is 0 Å². The van der Waals surface area contributed by atoms with Crippen LogP contribution in [0.5, 0.6) is 0 Å². The van der Waals surface area contributed by atoms with Gasteiger partial charge in [-0.05, 0) is 37.5 Å². The first-order valence-electron chi connectivity index (χ1n) is 34.5. The largest absolute Gasteiger partial charge is 0.472 e. The zero-order valence-electron chi connectivity index (χ0n) is 54.9. The second kappa shape index (κ2) is 58.4. The summed E-state index contributed by atoms with van der Waals surface area (Å²) < 4.78 is 67.8. The number of phosphoric acid groups is 2. The van der Waals surface area contributed by atoms with Gasteiger partial charge in [-0.15, -0.1) is 0 Å². The van der Waals surface area contributed by atoms with Crippen LogP contribution in [0.2, 0.25) is 0 Å². The van der Waals surface area contributed by atoms with Crippen molar-refractivity contribution < 1.29 is 80.2 Å². The highest BCUT2D eigenvalue weighted by atomic mass is 31.2. The summed E-state index contributed by atoms with van der Waals surface area (Å²) in [5, 5.41) is 10.5. The van der Waals surface area contributed by atoms with Crippen LogP contribution in [0.25, 0.3) is 0 Å². The van der Waals surface area contributed by atoms with E-state index in [-0.39, 0.29) is 25.7 Å². The van der Waals surface area contributed by atoms with Crippen molar-refractivity contribution in [1.82, 2.24) is 0 Å². The number of hydrogen-bond acceptors (Lipinski definition) is 15. The van der Waals surface area contributed by atoms with E-state index in [1.165, 1.54) is 135 Å². The minimum atomic E-state index is -4.95. The number of aliphatic hydroxyl groups excluding tert-OH is 1. The second-order valence-corrected chi connectivity index (χ2v) is 27.7. The highest BCUT2D eigenvalue weighted by Gasteiger charge is 2.30. The van der Waals surface area contributed by atoms with Crippen LogP contribution in [0.4, 0.5) is 0 Å². The highest BCUT2D eigenvalue weighted by Crippen LogP contribution is 2.45. The Morgan fingerprint density at radius 2 is 0.541 bits per heavy atom. The summed E-state index contributed by atoms with van der Waals surface area (Å²) in [4.78, 5) is 72.0. The lowest BCUT2D eigenvalue weighted by molar-refractivity contribution is -0.161. The van der Waals surface area contributed by atoms with Crippen LogP contribution in [0.3, 0.4) is 0 Å². The summed E-state index contributed by atoms with van der Waals surface area (Å²) in [6.45, 7) is 9.43. The van der Waals surface area contributed by atoms with Crippen molar-refractivity contribution in [1.29, 1.82) is 0 Å². The standard InChI is InChI=1S/C66H128O17P2/c1-7-9-11-13-14-31-38-44-50-65(70)82-61(54-76-63(68)48-42-34-12-10-8-2)56-80-84(72,73)78-52-60(67)53-79-85(74,75)81-57-62(83-66(71)51-45-39-33-28-24-20-16-18-22-26-30-36-41-47-59(5)6)55-77-64(69)49-43-37-32-27-23-19-15-17-21-25-29-35-40-46-58(3)4/h58-62,67H,7-57H2,1-6H3,(H,72,73)(H,74,75)/t60-,61+,62+/m0/s1. The molecule has 0 heterocycles. The fraction of sp³-hybridized carbons (Fsp3) is 0.939. The zero-order chi connectivity index (χ0) is 62.9. The Hall–Kier alpha value is -1.94. The van der Waals surface area contributed by atoms with Crippen LogP contribution in [-0.2, 0) is 65.4 Å². The molecular weight excluding hydrogens is 1130 g/mol. The van der Waals surface area contributed by atoms with Crippen LogP contribution in [0.15, 0.2) is 0 Å². The summed E-state index contributed by atoms with van der Waals surface area (Å²) >= 11 is 0. The molecule has 0 amide bonds. The van der Waals surface area contributed by atoms with E-state index < -0.39 is 97.5 Å². The molecule has 0 aromatic heterocycles. The van der Waals surface area contributed by atoms with Crippen molar-refractivity contribution in [2.45, 2.75) is 349 Å². The first-order valence-corrected chi connectivity index (χ1v) is 37.5. The van der Waals surface area contributed by atoms with Gasteiger partial charge in [0, 0.05) is 25.7 Å². The van der Waals surface area contributed by atoms with E-state index in [0.717, 1.165) is 115 Å². The Morgan fingerprint density at radius 3 is 0.800 bits per heavy atom. The summed E-state index contributed by atoms with van der Waals surface area (Å²) in [5.74, 6) is -0.566. The normalized spacial score (nSPS) is 14.2. The van der Waals surface area contributed by atoms with Crippen LogP contribution < -0.4 is 0 Å². The number of hydrogen-bond donors (Lipinski definition) is 3. The number of aliphatic hydroxyl groups is 1. The Balaban J connectivity index is 5.15. The van der Waals surface area contributed by atoms with Crippen molar-refractivity contribution in [3.63, 3.8) is 0 Å². The van der Waals surface area contributed by atoms with Crippen molar-refractivity contribution in [2.75, 3.05) is 39.6 Å². The quantitative estimate of drug-likeness (QED) is 0.0222. The molecule has 0 radical (unpaired) electrons. The van der Waals surface area contributed by atoms with Crippen LogP contribution in [0, 0.1) is 11.8 Å². The lowest BCUT2D eigenvalue weighted by Gasteiger charge is -2.21. The van der Waals surface area contributed by atoms with E-state index in [2.05, 4.69) is 41.5 Å². The summed E-state index contributed by atoms with van der Waals surface area (Å²) in [5.41, 5.74) is 0. The molecular formula is C66H128O17P2. The van der Waals surface area contributed by atoms with Crippen LogP contribution in [-0.4, -0.2) is 96.7 Å². The molecule has 85 heavy (non-hydrogen) atoms. The van der Waals surface area contributed by atoms with E-state index in [9.17, 15) is 43.2 Å². The Bertz CT molecular complexity index is 1670. The van der Waals surface area contributed by atoms with E-state index in [1.807, 2.05) is 0 Å². The maximum Gasteiger partial charge on any atom is 0.472 e. The van der Waals surface area contributed by atoms with Crippen molar-refractivity contribution >= 4 is 39.5 Å². The van der Waals surface area contributed by atoms with E-state index >= 15 is 0 Å². The van der Waals surface area contributed by atoms with Crippen molar-refractivity contribution in [3.8, 4) is 0 Å². The van der Waals surface area contributed by atoms with Gasteiger partial charge < -0.3 is 33.8 Å². The predicted molar refractivity (Wildman–Crippen MR) is 340 cm³/mol. The number of rotatable bonds is 65. The lowest BCUT2D eigenvalue weighted by atomic mass is 10.0. The molecule has 17 nitrogen and oxygen atoms in total. The summed E-state index contributed by atoms with van der Waals surface area (Å²) in [6.07, 6.45) is 42.1. The monoisotopic (exact) mass is 1250 g/mol. The average Bonchev–Trinajstić information content (AvgIpc) is 3.56. The Kier molecular flexibility index (Phi) is 57.1. The molecule has 504 valence electrons. The minimum Gasteiger partial charge on any atom is -0.462 e. The molecule has 0 fully saturated rings. The van der Waals surface area contributed by atoms with Gasteiger partial charge in [0.25, 0.3) is 0 Å². The summed E-state index contributed by atoms with van der Waals surface area (Å²) in [7, 11) is -9.88. The molecule has 0 aromatic rings. The molecule has 0 aliphatic rings. The molecule has 0 saturated carbocycles. The number of unbranched alkanes of at least 4 members (excludes halogenated alkanes) is 35. The minimum absolute atomic E-state index is 0.104. The summed E-state index contributed by atoms with van der Waals surface area (Å²) in [6, 6.07) is 0. The molecule has 0 aliphatic heterocycles. The number of esters is 4. The topological polar surface area (TPSA) is 237 Å². The van der Waals surface area contributed by atoms with Crippen molar-refractivity contribution in [2.24, 2.45) is 11.8 Å². The molecule has 0 rings (SSSR count). The Morgan fingerprint density at radius 1 is 0.318 bits per heavy atom. The van der Waals surface area contributed by atoms with Gasteiger partial charge in [0.15, 0.2) is 12.2 Å².